The van der Waals surface area contributed by atoms with Gasteiger partial charge in [-0.3, -0.25) is 9.79 Å². The molecular weight excluding hydrogens is 378 g/mol. The van der Waals surface area contributed by atoms with Crippen molar-refractivity contribution in [3.63, 3.8) is 0 Å². The highest BCUT2D eigenvalue weighted by Gasteiger charge is 2.16. The summed E-state index contributed by atoms with van der Waals surface area (Å²) in [6, 6.07) is 11.8. The number of thiazole rings is 1. The standard InChI is InChI=1S/C21H18ClN3OS/c1-12-4-3-5-17(22)16(12)10-19(26)20-11-23-21(27-20)25-15-7-6-14-8-13(2)24-18(14)9-15/h3-7,9,11H,8,10H2,1-2H3,(H,23,25). The Hall–Kier alpha value is -2.50. The maximum Gasteiger partial charge on any atom is 0.187 e. The lowest BCUT2D eigenvalue weighted by Crippen LogP contribution is -2.03. The van der Waals surface area contributed by atoms with Gasteiger partial charge in [0.2, 0.25) is 0 Å². The van der Waals surface area contributed by atoms with Crippen LogP contribution in [0.15, 0.2) is 47.6 Å². The number of carbonyl (C=O) groups is 1. The minimum Gasteiger partial charge on any atom is -0.331 e. The summed E-state index contributed by atoms with van der Waals surface area (Å²) >= 11 is 7.59. The van der Waals surface area contributed by atoms with E-state index in [-0.39, 0.29) is 12.2 Å². The van der Waals surface area contributed by atoms with E-state index in [0.717, 1.165) is 34.6 Å². The van der Waals surface area contributed by atoms with E-state index >= 15 is 0 Å². The number of ketones is 1. The van der Waals surface area contributed by atoms with Crippen LogP contribution < -0.4 is 5.32 Å². The Morgan fingerprint density at radius 1 is 1.26 bits per heavy atom. The molecule has 4 nitrogen and oxygen atoms in total. The number of anilines is 2. The van der Waals surface area contributed by atoms with Crippen LogP contribution in [0.3, 0.4) is 0 Å². The Bertz CT molecular complexity index is 1050. The van der Waals surface area contributed by atoms with Gasteiger partial charge in [-0.2, -0.15) is 0 Å². The average molecular weight is 396 g/mol. The number of benzene rings is 2. The zero-order valence-electron chi connectivity index (χ0n) is 15.0. The van der Waals surface area contributed by atoms with E-state index in [1.807, 2.05) is 44.2 Å². The molecule has 0 spiro atoms. The van der Waals surface area contributed by atoms with E-state index < -0.39 is 0 Å². The first-order chi connectivity index (χ1) is 13.0. The van der Waals surface area contributed by atoms with E-state index in [1.165, 1.54) is 16.9 Å². The van der Waals surface area contributed by atoms with Crippen LogP contribution in [0, 0.1) is 6.92 Å². The molecule has 0 atom stereocenters. The molecule has 0 aliphatic carbocycles. The highest BCUT2D eigenvalue weighted by atomic mass is 35.5. The Morgan fingerprint density at radius 3 is 2.93 bits per heavy atom. The number of fused-ring (bicyclic) bond motifs is 1. The molecule has 4 rings (SSSR count). The van der Waals surface area contributed by atoms with Crippen LogP contribution in [0.5, 0.6) is 0 Å². The minimum absolute atomic E-state index is 0.0194. The quantitative estimate of drug-likeness (QED) is 0.545. The van der Waals surface area contributed by atoms with Crippen LogP contribution in [0.25, 0.3) is 0 Å². The Morgan fingerprint density at radius 2 is 2.11 bits per heavy atom. The second-order valence-corrected chi connectivity index (χ2v) is 8.10. The third-order valence-corrected chi connectivity index (χ3v) is 5.87. The number of aryl methyl sites for hydroxylation is 1. The molecule has 2 heterocycles. The fraction of sp³-hybridized carbons (Fsp3) is 0.190. The van der Waals surface area contributed by atoms with Crippen molar-refractivity contribution < 1.29 is 4.79 Å². The van der Waals surface area contributed by atoms with Gasteiger partial charge in [-0.1, -0.05) is 41.1 Å². The molecule has 1 aliphatic rings. The van der Waals surface area contributed by atoms with Crippen molar-refractivity contribution in [2.45, 2.75) is 26.7 Å². The summed E-state index contributed by atoms with van der Waals surface area (Å²) in [4.78, 5) is 22.1. The topological polar surface area (TPSA) is 54.4 Å². The first-order valence-electron chi connectivity index (χ1n) is 8.67. The fourth-order valence-electron chi connectivity index (χ4n) is 3.14. The van der Waals surface area contributed by atoms with E-state index in [2.05, 4.69) is 21.4 Å². The van der Waals surface area contributed by atoms with Gasteiger partial charge in [-0.15, -0.1) is 0 Å². The summed E-state index contributed by atoms with van der Waals surface area (Å²) in [5, 5.41) is 4.58. The van der Waals surface area contributed by atoms with Gasteiger partial charge in [0.25, 0.3) is 0 Å². The van der Waals surface area contributed by atoms with Crippen molar-refractivity contribution in [3.8, 4) is 0 Å². The third-order valence-electron chi connectivity index (χ3n) is 4.57. The molecule has 0 saturated carbocycles. The normalized spacial score (nSPS) is 12.6. The number of aromatic nitrogens is 1. The van der Waals surface area contributed by atoms with E-state index in [0.29, 0.717) is 15.0 Å². The molecule has 136 valence electrons. The minimum atomic E-state index is 0.0194. The van der Waals surface area contributed by atoms with Gasteiger partial charge in [0.05, 0.1) is 16.8 Å². The second-order valence-electron chi connectivity index (χ2n) is 6.66. The number of halogens is 1. The van der Waals surface area contributed by atoms with Crippen LogP contribution in [0.2, 0.25) is 5.02 Å². The van der Waals surface area contributed by atoms with Crippen molar-refractivity contribution >= 4 is 50.9 Å². The highest BCUT2D eigenvalue weighted by molar-refractivity contribution is 7.17. The predicted molar refractivity (Wildman–Crippen MR) is 113 cm³/mol. The van der Waals surface area contributed by atoms with Crippen LogP contribution in [-0.2, 0) is 12.8 Å². The molecule has 0 amide bonds. The highest BCUT2D eigenvalue weighted by Crippen LogP contribution is 2.32. The van der Waals surface area contributed by atoms with Gasteiger partial charge in [0.1, 0.15) is 0 Å². The lowest BCUT2D eigenvalue weighted by molar-refractivity contribution is 0.0996. The van der Waals surface area contributed by atoms with E-state index in [9.17, 15) is 4.79 Å². The smallest absolute Gasteiger partial charge is 0.187 e. The number of nitrogens with one attached hydrogen (secondary N) is 1. The first kappa shape index (κ1) is 17.9. The molecule has 27 heavy (non-hydrogen) atoms. The SMILES string of the molecule is CC1=Nc2cc(Nc3ncc(C(=O)Cc4c(C)cccc4Cl)s3)ccc2C1. The Labute approximate surface area is 166 Å². The molecule has 0 unspecified atom stereocenters. The molecule has 6 heteroatoms. The molecule has 0 fully saturated rings. The van der Waals surface area contributed by atoms with Crippen molar-refractivity contribution in [1.29, 1.82) is 0 Å². The first-order valence-corrected chi connectivity index (χ1v) is 9.86. The number of rotatable bonds is 5. The van der Waals surface area contributed by atoms with Crippen LogP contribution >= 0.6 is 22.9 Å². The molecule has 1 aliphatic heterocycles. The summed E-state index contributed by atoms with van der Waals surface area (Å²) in [6.07, 6.45) is 2.81. The number of aliphatic imine (C=N–C) groups is 1. The molecule has 1 aromatic heterocycles. The molecule has 2 aromatic carbocycles. The summed E-state index contributed by atoms with van der Waals surface area (Å²) in [5.41, 5.74) is 6.18. The molecule has 0 saturated heterocycles. The summed E-state index contributed by atoms with van der Waals surface area (Å²) in [7, 11) is 0. The molecule has 1 N–H and O–H groups in total. The molecular formula is C21H18ClN3OS. The summed E-state index contributed by atoms with van der Waals surface area (Å²) < 4.78 is 0. The van der Waals surface area contributed by atoms with Gasteiger partial charge >= 0.3 is 0 Å². The lowest BCUT2D eigenvalue weighted by Gasteiger charge is -2.06. The van der Waals surface area contributed by atoms with Crippen LogP contribution in [-0.4, -0.2) is 16.5 Å². The molecule has 3 aromatic rings. The van der Waals surface area contributed by atoms with E-state index in [1.54, 1.807) is 6.20 Å². The van der Waals surface area contributed by atoms with Crippen molar-refractivity contribution in [1.82, 2.24) is 4.98 Å². The Kier molecular flexibility index (Phi) is 4.81. The zero-order valence-corrected chi connectivity index (χ0v) is 16.6. The van der Waals surface area contributed by atoms with Crippen molar-refractivity contribution in [2.24, 2.45) is 4.99 Å². The number of carbonyl (C=O) groups excluding carboxylic acids is 1. The van der Waals surface area contributed by atoms with E-state index in [4.69, 9.17) is 11.6 Å². The summed E-state index contributed by atoms with van der Waals surface area (Å²) in [6.45, 7) is 4.00. The number of nitrogens with zero attached hydrogens (tertiary/aromatic N) is 2. The Balaban J connectivity index is 1.49. The molecule has 0 radical (unpaired) electrons. The third kappa shape index (κ3) is 3.80. The summed E-state index contributed by atoms with van der Waals surface area (Å²) in [5.74, 6) is 0.0194. The maximum atomic E-state index is 12.6. The van der Waals surface area contributed by atoms with Gasteiger partial charge in [-0.05, 0) is 48.7 Å². The number of hydrogen-bond donors (Lipinski definition) is 1. The lowest BCUT2D eigenvalue weighted by atomic mass is 10.0. The zero-order chi connectivity index (χ0) is 19.0. The van der Waals surface area contributed by atoms with Crippen LogP contribution in [0.1, 0.15) is 33.3 Å². The maximum absolute atomic E-state index is 12.6. The fourth-order valence-corrected chi connectivity index (χ4v) is 4.20. The number of Topliss-reactive ketones (excluding diaryl/α,β-unsaturated/α-hetero) is 1. The number of hydrogen-bond acceptors (Lipinski definition) is 5. The van der Waals surface area contributed by atoms with Crippen LogP contribution in [0.4, 0.5) is 16.5 Å². The largest absolute Gasteiger partial charge is 0.331 e. The molecule has 0 bridgehead atoms. The average Bonchev–Trinajstić information content (AvgIpc) is 3.23. The van der Waals surface area contributed by atoms with Gasteiger partial charge < -0.3 is 5.32 Å². The van der Waals surface area contributed by atoms with Gasteiger partial charge in [0.15, 0.2) is 10.9 Å². The van der Waals surface area contributed by atoms with Gasteiger partial charge in [0, 0.05) is 29.3 Å². The second kappa shape index (κ2) is 7.25. The van der Waals surface area contributed by atoms with Crippen molar-refractivity contribution in [3.05, 3.63) is 69.2 Å². The monoisotopic (exact) mass is 395 g/mol. The van der Waals surface area contributed by atoms with Crippen molar-refractivity contribution in [2.75, 3.05) is 5.32 Å². The predicted octanol–water partition coefficient (Wildman–Crippen LogP) is 5.92. The van der Waals surface area contributed by atoms with Gasteiger partial charge in [-0.25, -0.2) is 4.98 Å².